The lowest BCUT2D eigenvalue weighted by Gasteiger charge is -2.12. The van der Waals surface area contributed by atoms with Gasteiger partial charge in [-0.15, -0.1) is 0 Å². The van der Waals surface area contributed by atoms with E-state index < -0.39 is 6.43 Å². The summed E-state index contributed by atoms with van der Waals surface area (Å²) in [7, 11) is 0. The second-order valence-electron chi connectivity index (χ2n) is 4.31. The zero-order valence-electron chi connectivity index (χ0n) is 10.6. The number of nitrogens with two attached hydrogens (primary N) is 1. The first-order valence-electron chi connectivity index (χ1n) is 6.00. The fourth-order valence-electron chi connectivity index (χ4n) is 1.82. The van der Waals surface area contributed by atoms with Gasteiger partial charge in [0.05, 0.1) is 11.6 Å². The molecule has 0 radical (unpaired) electrons. The smallest absolute Gasteiger partial charge is 0.265 e. The van der Waals surface area contributed by atoms with Gasteiger partial charge in [-0.3, -0.25) is 0 Å². The Hall–Kier alpha value is -2.61. The van der Waals surface area contributed by atoms with Gasteiger partial charge >= 0.3 is 0 Å². The number of nitrogen functional groups attached to an aromatic ring is 1. The summed E-state index contributed by atoms with van der Waals surface area (Å²) in [5.41, 5.74) is 7.54. The SMILES string of the molecule is N#Cc1ccc(CNc2ccc(N)cc2C(F)F)cc1. The zero-order chi connectivity index (χ0) is 14.5. The standard InChI is InChI=1S/C15H13F2N3/c16-15(17)13-7-12(19)5-6-14(13)20-9-11-3-1-10(8-18)2-4-11/h1-7,15,20H,9,19H2. The number of hydrogen-bond acceptors (Lipinski definition) is 3. The predicted octanol–water partition coefficient (Wildman–Crippen LogP) is 3.69. The van der Waals surface area contributed by atoms with Gasteiger partial charge < -0.3 is 11.1 Å². The fraction of sp³-hybridized carbons (Fsp3) is 0.133. The molecule has 0 unspecified atom stereocenters. The fourth-order valence-corrected chi connectivity index (χ4v) is 1.82. The van der Waals surface area contributed by atoms with E-state index in [9.17, 15) is 8.78 Å². The van der Waals surface area contributed by atoms with E-state index in [0.717, 1.165) is 5.56 Å². The van der Waals surface area contributed by atoms with Gasteiger partial charge in [0.15, 0.2) is 0 Å². The molecule has 0 fully saturated rings. The van der Waals surface area contributed by atoms with E-state index in [2.05, 4.69) is 5.32 Å². The summed E-state index contributed by atoms with van der Waals surface area (Å²) in [5, 5.41) is 11.7. The molecule has 102 valence electrons. The number of nitrogens with zero attached hydrogens (tertiary/aromatic N) is 1. The quantitative estimate of drug-likeness (QED) is 0.835. The van der Waals surface area contributed by atoms with E-state index in [0.29, 0.717) is 23.5 Å². The molecule has 0 atom stereocenters. The molecule has 0 aromatic heterocycles. The van der Waals surface area contributed by atoms with E-state index in [-0.39, 0.29) is 5.56 Å². The highest BCUT2D eigenvalue weighted by Gasteiger charge is 2.13. The average molecular weight is 273 g/mol. The summed E-state index contributed by atoms with van der Waals surface area (Å²) in [6.45, 7) is 0.398. The summed E-state index contributed by atoms with van der Waals surface area (Å²) in [6.07, 6.45) is -2.58. The van der Waals surface area contributed by atoms with Crippen molar-refractivity contribution in [1.29, 1.82) is 5.26 Å². The second-order valence-corrected chi connectivity index (χ2v) is 4.31. The Morgan fingerprint density at radius 2 is 1.85 bits per heavy atom. The maximum atomic E-state index is 12.9. The molecule has 0 saturated carbocycles. The molecule has 0 bridgehead atoms. The molecule has 0 spiro atoms. The van der Waals surface area contributed by atoms with E-state index in [4.69, 9.17) is 11.0 Å². The number of alkyl halides is 2. The number of halogens is 2. The van der Waals surface area contributed by atoms with Gasteiger partial charge in [-0.1, -0.05) is 12.1 Å². The molecule has 0 heterocycles. The van der Waals surface area contributed by atoms with Crippen molar-refractivity contribution in [1.82, 2.24) is 0 Å². The van der Waals surface area contributed by atoms with Crippen LogP contribution in [0, 0.1) is 11.3 Å². The lowest BCUT2D eigenvalue weighted by Crippen LogP contribution is -2.03. The normalized spacial score (nSPS) is 10.3. The van der Waals surface area contributed by atoms with Gasteiger partial charge in [-0.2, -0.15) is 5.26 Å². The topological polar surface area (TPSA) is 61.8 Å². The second kappa shape index (κ2) is 6.02. The lowest BCUT2D eigenvalue weighted by molar-refractivity contribution is 0.152. The van der Waals surface area contributed by atoms with Gasteiger partial charge in [0.1, 0.15) is 0 Å². The molecule has 0 aliphatic rings. The Morgan fingerprint density at radius 1 is 1.15 bits per heavy atom. The first kappa shape index (κ1) is 13.8. The minimum Gasteiger partial charge on any atom is -0.399 e. The van der Waals surface area contributed by atoms with Crippen LogP contribution in [0.5, 0.6) is 0 Å². The zero-order valence-corrected chi connectivity index (χ0v) is 10.6. The van der Waals surface area contributed by atoms with Gasteiger partial charge in [0.25, 0.3) is 6.43 Å². The van der Waals surface area contributed by atoms with Crippen LogP contribution in [0.25, 0.3) is 0 Å². The van der Waals surface area contributed by atoms with Crippen molar-refractivity contribution in [3.8, 4) is 6.07 Å². The maximum Gasteiger partial charge on any atom is 0.265 e. The van der Waals surface area contributed by atoms with Crippen LogP contribution in [0.15, 0.2) is 42.5 Å². The molecule has 2 aromatic carbocycles. The molecule has 20 heavy (non-hydrogen) atoms. The molecule has 2 rings (SSSR count). The third-order valence-electron chi connectivity index (χ3n) is 2.88. The van der Waals surface area contributed by atoms with Crippen molar-refractivity contribution in [2.24, 2.45) is 0 Å². The van der Waals surface area contributed by atoms with Crippen molar-refractivity contribution in [3.63, 3.8) is 0 Å². The van der Waals surface area contributed by atoms with Gasteiger partial charge in [0.2, 0.25) is 0 Å². The van der Waals surface area contributed by atoms with Gasteiger partial charge in [0, 0.05) is 23.5 Å². The third-order valence-corrected chi connectivity index (χ3v) is 2.88. The highest BCUT2D eigenvalue weighted by molar-refractivity contribution is 5.58. The highest BCUT2D eigenvalue weighted by atomic mass is 19.3. The number of nitrogens with one attached hydrogen (secondary N) is 1. The number of benzene rings is 2. The Morgan fingerprint density at radius 3 is 2.45 bits per heavy atom. The van der Waals surface area contributed by atoms with Crippen molar-refractivity contribution >= 4 is 11.4 Å². The molecule has 0 saturated heterocycles. The summed E-state index contributed by atoms with van der Waals surface area (Å²) in [5.74, 6) is 0. The van der Waals surface area contributed by atoms with Crippen molar-refractivity contribution in [3.05, 3.63) is 59.2 Å². The largest absolute Gasteiger partial charge is 0.399 e. The first-order chi connectivity index (χ1) is 9.60. The minimum atomic E-state index is -2.58. The van der Waals surface area contributed by atoms with E-state index >= 15 is 0 Å². The molecule has 5 heteroatoms. The van der Waals surface area contributed by atoms with E-state index in [1.165, 1.54) is 6.07 Å². The Balaban J connectivity index is 2.12. The monoisotopic (exact) mass is 273 g/mol. The van der Waals surface area contributed by atoms with Crippen LogP contribution in [0.4, 0.5) is 20.2 Å². The molecule has 0 aliphatic carbocycles. The first-order valence-corrected chi connectivity index (χ1v) is 6.00. The van der Waals surface area contributed by atoms with Crippen LogP contribution in [-0.4, -0.2) is 0 Å². The maximum absolute atomic E-state index is 12.9. The average Bonchev–Trinajstić information content (AvgIpc) is 2.46. The minimum absolute atomic E-state index is 0.112. The third kappa shape index (κ3) is 3.23. The summed E-state index contributed by atoms with van der Waals surface area (Å²) < 4.78 is 25.8. The number of anilines is 2. The molecule has 0 aliphatic heterocycles. The van der Waals surface area contributed by atoms with Crippen LogP contribution in [0.2, 0.25) is 0 Å². The molecular weight excluding hydrogens is 260 g/mol. The van der Waals surface area contributed by atoms with Crippen molar-refractivity contribution in [2.45, 2.75) is 13.0 Å². The molecule has 3 nitrogen and oxygen atoms in total. The van der Waals surface area contributed by atoms with Gasteiger partial charge in [-0.05, 0) is 35.9 Å². The lowest BCUT2D eigenvalue weighted by atomic mass is 10.1. The summed E-state index contributed by atoms with van der Waals surface area (Å²) in [4.78, 5) is 0. The molecular formula is C15H13F2N3. The molecule has 2 aromatic rings. The summed E-state index contributed by atoms with van der Waals surface area (Å²) in [6, 6.07) is 13.4. The van der Waals surface area contributed by atoms with Crippen LogP contribution in [0.3, 0.4) is 0 Å². The van der Waals surface area contributed by atoms with Gasteiger partial charge in [-0.25, -0.2) is 8.78 Å². The Bertz CT molecular complexity index is 631. The number of hydrogen-bond donors (Lipinski definition) is 2. The van der Waals surface area contributed by atoms with Crippen LogP contribution in [0.1, 0.15) is 23.1 Å². The van der Waals surface area contributed by atoms with Crippen molar-refractivity contribution < 1.29 is 8.78 Å². The summed E-state index contributed by atoms with van der Waals surface area (Å²) >= 11 is 0. The molecule has 3 N–H and O–H groups in total. The number of nitriles is 1. The van der Waals surface area contributed by atoms with Crippen LogP contribution < -0.4 is 11.1 Å². The van der Waals surface area contributed by atoms with Crippen LogP contribution >= 0.6 is 0 Å². The Kier molecular flexibility index (Phi) is 4.16. The predicted molar refractivity (Wildman–Crippen MR) is 74.3 cm³/mol. The van der Waals surface area contributed by atoms with Crippen molar-refractivity contribution in [2.75, 3.05) is 11.1 Å². The van der Waals surface area contributed by atoms with E-state index in [1.54, 1.807) is 36.4 Å². The van der Waals surface area contributed by atoms with Crippen LogP contribution in [-0.2, 0) is 6.54 Å². The molecule has 0 amide bonds. The number of rotatable bonds is 4. The Labute approximate surface area is 115 Å². The highest BCUT2D eigenvalue weighted by Crippen LogP contribution is 2.29. The van der Waals surface area contributed by atoms with E-state index in [1.807, 2.05) is 6.07 Å².